The summed E-state index contributed by atoms with van der Waals surface area (Å²) in [5, 5.41) is 5.92. The molecule has 0 radical (unpaired) electrons. The first-order chi connectivity index (χ1) is 8.22. The average molecular weight is 250 g/mol. The van der Waals surface area contributed by atoms with Crippen LogP contribution in [0.4, 0.5) is 0 Å². The third-order valence-electron chi connectivity index (χ3n) is 2.46. The molecule has 1 aromatic carbocycles. The van der Waals surface area contributed by atoms with E-state index < -0.39 is 0 Å². The van der Waals surface area contributed by atoms with Gasteiger partial charge in [0, 0.05) is 0 Å². The van der Waals surface area contributed by atoms with Crippen LogP contribution in [0.5, 0.6) is 5.75 Å². The number of rotatable bonds is 3. The molecule has 0 saturated carbocycles. The molecule has 17 heavy (non-hydrogen) atoms. The smallest absolute Gasteiger partial charge is 0.269 e. The molecule has 1 aliphatic rings. The van der Waals surface area contributed by atoms with Crippen molar-refractivity contribution in [2.24, 2.45) is 0 Å². The number of ether oxygens (including phenoxy) is 1. The molecule has 0 spiro atoms. The fourth-order valence-electron chi connectivity index (χ4n) is 1.53. The Labute approximate surface area is 104 Å². The Morgan fingerprint density at radius 2 is 2.00 bits per heavy atom. The summed E-state index contributed by atoms with van der Waals surface area (Å²) in [6.45, 7) is 0. The van der Waals surface area contributed by atoms with Gasteiger partial charge in [0.25, 0.3) is 5.91 Å². The maximum Gasteiger partial charge on any atom is 0.269 e. The molecular weight excluding hydrogens is 236 g/mol. The molecule has 0 aromatic heterocycles. The molecule has 1 atom stereocenters. The van der Waals surface area contributed by atoms with Crippen LogP contribution in [0.15, 0.2) is 30.0 Å². The Hall–Kier alpha value is -1.62. The van der Waals surface area contributed by atoms with Crippen molar-refractivity contribution in [2.45, 2.75) is 5.50 Å². The van der Waals surface area contributed by atoms with Crippen molar-refractivity contribution in [3.05, 3.63) is 35.5 Å². The molecule has 1 fully saturated rings. The van der Waals surface area contributed by atoms with Gasteiger partial charge in [0.1, 0.15) is 16.9 Å². The lowest BCUT2D eigenvalue weighted by Gasteiger charge is -2.05. The van der Waals surface area contributed by atoms with Crippen LogP contribution < -0.4 is 15.4 Å². The standard InChI is InChI=1S/C12H14N2O2S/c1-16-9-5-3-8(4-6-9)7-10-11(15)14-12(13-10)17-2/h3-7,12-13H,1-2H3,(H,14,15)/b10-7+/t12-/m1/s1. The molecule has 1 aromatic rings. The van der Waals surface area contributed by atoms with E-state index in [0.717, 1.165) is 11.3 Å². The molecule has 4 nitrogen and oxygen atoms in total. The lowest BCUT2D eigenvalue weighted by molar-refractivity contribution is -0.116. The Bertz CT molecular complexity index is 442. The van der Waals surface area contributed by atoms with E-state index >= 15 is 0 Å². The summed E-state index contributed by atoms with van der Waals surface area (Å²) < 4.78 is 5.08. The topological polar surface area (TPSA) is 50.4 Å². The quantitative estimate of drug-likeness (QED) is 0.796. The first-order valence-corrected chi connectivity index (χ1v) is 6.47. The second kappa shape index (κ2) is 5.14. The van der Waals surface area contributed by atoms with Gasteiger partial charge in [-0.15, -0.1) is 11.8 Å². The van der Waals surface area contributed by atoms with Crippen LogP contribution >= 0.6 is 11.8 Å². The van der Waals surface area contributed by atoms with Gasteiger partial charge < -0.3 is 15.4 Å². The molecule has 1 heterocycles. The summed E-state index contributed by atoms with van der Waals surface area (Å²) in [7, 11) is 1.63. The maximum atomic E-state index is 11.6. The predicted molar refractivity (Wildman–Crippen MR) is 69.6 cm³/mol. The maximum absolute atomic E-state index is 11.6. The van der Waals surface area contributed by atoms with Crippen molar-refractivity contribution in [1.82, 2.24) is 10.6 Å². The lowest BCUT2D eigenvalue weighted by Crippen LogP contribution is -2.27. The highest BCUT2D eigenvalue weighted by atomic mass is 32.2. The van der Waals surface area contributed by atoms with Gasteiger partial charge in [-0.3, -0.25) is 4.79 Å². The number of benzene rings is 1. The highest BCUT2D eigenvalue weighted by Crippen LogP contribution is 2.16. The summed E-state index contributed by atoms with van der Waals surface area (Å²) in [6.07, 6.45) is 3.76. The highest BCUT2D eigenvalue weighted by molar-refractivity contribution is 7.99. The Morgan fingerprint density at radius 1 is 1.29 bits per heavy atom. The number of thioether (sulfide) groups is 1. The van der Waals surface area contributed by atoms with Crippen molar-refractivity contribution in [2.75, 3.05) is 13.4 Å². The number of carbonyl (C=O) groups excluding carboxylic acids is 1. The van der Waals surface area contributed by atoms with Gasteiger partial charge in [-0.25, -0.2) is 0 Å². The summed E-state index contributed by atoms with van der Waals surface area (Å²) in [5.41, 5.74) is 1.52. The highest BCUT2D eigenvalue weighted by Gasteiger charge is 2.23. The number of carbonyl (C=O) groups is 1. The minimum atomic E-state index is -0.0693. The van der Waals surface area contributed by atoms with E-state index in [0.29, 0.717) is 5.70 Å². The monoisotopic (exact) mass is 250 g/mol. The van der Waals surface area contributed by atoms with Crippen molar-refractivity contribution in [1.29, 1.82) is 0 Å². The molecule has 0 bridgehead atoms. The van der Waals surface area contributed by atoms with Crippen LogP contribution in [-0.4, -0.2) is 24.8 Å². The molecule has 1 amide bonds. The van der Waals surface area contributed by atoms with Crippen LogP contribution in [0.25, 0.3) is 6.08 Å². The minimum Gasteiger partial charge on any atom is -0.497 e. The third kappa shape index (κ3) is 2.74. The van der Waals surface area contributed by atoms with Gasteiger partial charge in [0.05, 0.1) is 7.11 Å². The SMILES string of the molecule is COc1ccc(/C=C2/N[C@@H](SC)NC2=O)cc1. The third-order valence-corrected chi connectivity index (χ3v) is 3.16. The molecule has 2 rings (SSSR count). The molecule has 1 saturated heterocycles. The van der Waals surface area contributed by atoms with E-state index in [9.17, 15) is 4.79 Å². The van der Waals surface area contributed by atoms with Crippen LogP contribution in [0.3, 0.4) is 0 Å². The van der Waals surface area contributed by atoms with Crippen LogP contribution in [0.2, 0.25) is 0 Å². The van der Waals surface area contributed by atoms with E-state index in [2.05, 4.69) is 10.6 Å². The minimum absolute atomic E-state index is 0.0352. The molecule has 90 valence electrons. The van der Waals surface area contributed by atoms with Crippen molar-refractivity contribution < 1.29 is 9.53 Å². The number of nitrogens with one attached hydrogen (secondary N) is 2. The van der Waals surface area contributed by atoms with E-state index in [1.807, 2.05) is 36.6 Å². The zero-order chi connectivity index (χ0) is 12.3. The van der Waals surface area contributed by atoms with Crippen molar-refractivity contribution in [3.8, 4) is 5.75 Å². The average Bonchev–Trinajstić information content (AvgIpc) is 2.71. The summed E-state index contributed by atoms with van der Waals surface area (Å²) in [6, 6.07) is 7.55. The van der Waals surface area contributed by atoms with E-state index in [1.54, 1.807) is 18.9 Å². The van der Waals surface area contributed by atoms with Crippen LogP contribution in [0.1, 0.15) is 5.56 Å². The molecule has 1 aliphatic heterocycles. The van der Waals surface area contributed by atoms with Crippen LogP contribution in [0, 0.1) is 0 Å². The molecular formula is C12H14N2O2S. The van der Waals surface area contributed by atoms with Gasteiger partial charge in [-0.2, -0.15) is 0 Å². The van der Waals surface area contributed by atoms with E-state index in [1.165, 1.54) is 0 Å². The molecule has 5 heteroatoms. The molecule has 0 unspecified atom stereocenters. The van der Waals surface area contributed by atoms with Gasteiger partial charge in [-0.1, -0.05) is 12.1 Å². The summed E-state index contributed by atoms with van der Waals surface area (Å²) >= 11 is 1.55. The van der Waals surface area contributed by atoms with E-state index in [4.69, 9.17) is 4.74 Å². The van der Waals surface area contributed by atoms with Crippen molar-refractivity contribution >= 4 is 23.7 Å². The zero-order valence-corrected chi connectivity index (χ0v) is 10.5. The number of amides is 1. The normalized spacial score (nSPS) is 21.2. The predicted octanol–water partition coefficient (Wildman–Crippen LogP) is 1.40. The summed E-state index contributed by atoms with van der Waals surface area (Å²) in [4.78, 5) is 11.6. The Morgan fingerprint density at radius 3 is 2.53 bits per heavy atom. The van der Waals surface area contributed by atoms with Crippen LogP contribution in [-0.2, 0) is 4.79 Å². The fourth-order valence-corrected chi connectivity index (χ4v) is 2.00. The Balaban J connectivity index is 2.15. The van der Waals surface area contributed by atoms with Gasteiger partial charge in [0.15, 0.2) is 0 Å². The first kappa shape index (κ1) is 11.9. The molecule has 0 aliphatic carbocycles. The fraction of sp³-hybridized carbons (Fsp3) is 0.250. The lowest BCUT2D eigenvalue weighted by atomic mass is 10.2. The number of methoxy groups -OCH3 is 1. The first-order valence-electron chi connectivity index (χ1n) is 5.19. The van der Waals surface area contributed by atoms with Gasteiger partial charge in [0.2, 0.25) is 0 Å². The number of hydrogen-bond acceptors (Lipinski definition) is 4. The largest absolute Gasteiger partial charge is 0.497 e. The second-order valence-electron chi connectivity index (χ2n) is 3.56. The second-order valence-corrected chi connectivity index (χ2v) is 4.51. The molecule has 2 N–H and O–H groups in total. The number of hydrogen-bond donors (Lipinski definition) is 2. The zero-order valence-electron chi connectivity index (χ0n) is 9.69. The Kier molecular flexibility index (Phi) is 3.58. The van der Waals surface area contributed by atoms with E-state index in [-0.39, 0.29) is 11.4 Å². The summed E-state index contributed by atoms with van der Waals surface area (Å²) in [5.74, 6) is 0.734. The van der Waals surface area contributed by atoms with Gasteiger partial charge >= 0.3 is 0 Å². The van der Waals surface area contributed by atoms with Gasteiger partial charge in [-0.05, 0) is 30.0 Å². The van der Waals surface area contributed by atoms with Crippen molar-refractivity contribution in [3.63, 3.8) is 0 Å².